The molecule has 0 radical (unpaired) electrons. The molecule has 0 aromatic heterocycles. The van der Waals surface area contributed by atoms with Gasteiger partial charge in [0.25, 0.3) is 10.0 Å². The molecule has 0 bridgehead atoms. The van der Waals surface area contributed by atoms with Crippen LogP contribution in [0.25, 0.3) is 0 Å². The predicted octanol–water partition coefficient (Wildman–Crippen LogP) is 2.91. The van der Waals surface area contributed by atoms with E-state index in [9.17, 15) is 47.9 Å². The van der Waals surface area contributed by atoms with Gasteiger partial charge in [-0.1, -0.05) is 12.2 Å². The lowest BCUT2D eigenvalue weighted by atomic mass is 10.1. The Morgan fingerprint density at radius 2 is 1.33 bits per heavy atom. The standard InChI is InChI=1S/C8H8F9NO2S/c1-2-3-4-18-21(19,20)8(16,17)6(11,12)5(9,10)7(13,14)15/h2-3,18H,4H2,1H3/b3-2+. The summed E-state index contributed by atoms with van der Waals surface area (Å²) in [6, 6.07) is 0. The van der Waals surface area contributed by atoms with E-state index in [4.69, 9.17) is 0 Å². The lowest BCUT2D eigenvalue weighted by Gasteiger charge is -2.32. The zero-order valence-corrected chi connectivity index (χ0v) is 10.8. The van der Waals surface area contributed by atoms with E-state index in [-0.39, 0.29) is 0 Å². The van der Waals surface area contributed by atoms with E-state index in [1.54, 1.807) is 0 Å². The molecule has 0 heterocycles. The summed E-state index contributed by atoms with van der Waals surface area (Å²) in [7, 11) is -6.50. The minimum Gasteiger partial charge on any atom is -0.206 e. The minimum absolute atomic E-state index is 0.785. The Morgan fingerprint density at radius 1 is 0.905 bits per heavy atom. The number of allylic oxidation sites excluding steroid dienone is 1. The van der Waals surface area contributed by atoms with Gasteiger partial charge in [-0.05, 0) is 6.92 Å². The van der Waals surface area contributed by atoms with E-state index in [1.165, 1.54) is 6.92 Å². The monoisotopic (exact) mass is 353 g/mol. The second kappa shape index (κ2) is 5.66. The van der Waals surface area contributed by atoms with Gasteiger partial charge in [0.1, 0.15) is 0 Å². The lowest BCUT2D eigenvalue weighted by Crippen LogP contribution is -2.64. The van der Waals surface area contributed by atoms with E-state index < -0.39 is 39.8 Å². The largest absolute Gasteiger partial charge is 0.460 e. The zero-order chi connectivity index (χ0) is 17.3. The number of rotatable bonds is 6. The molecule has 0 saturated carbocycles. The maximum atomic E-state index is 13.0. The van der Waals surface area contributed by atoms with Crippen molar-refractivity contribution in [3.63, 3.8) is 0 Å². The molecule has 0 spiro atoms. The number of nitrogens with one attached hydrogen (secondary N) is 1. The van der Waals surface area contributed by atoms with Gasteiger partial charge < -0.3 is 0 Å². The molecule has 0 fully saturated rings. The maximum absolute atomic E-state index is 13.0. The van der Waals surface area contributed by atoms with Gasteiger partial charge in [0.2, 0.25) is 0 Å². The fourth-order valence-corrected chi connectivity index (χ4v) is 1.86. The van der Waals surface area contributed by atoms with Gasteiger partial charge in [0.15, 0.2) is 0 Å². The van der Waals surface area contributed by atoms with Gasteiger partial charge in [-0.3, -0.25) is 0 Å². The molecule has 126 valence electrons. The summed E-state index contributed by atoms with van der Waals surface area (Å²) in [6.45, 7) is 0.279. The smallest absolute Gasteiger partial charge is 0.206 e. The molecule has 0 rings (SSSR count). The average Bonchev–Trinajstić information content (AvgIpc) is 2.26. The molecule has 0 aliphatic carbocycles. The second-order valence-corrected chi connectivity index (χ2v) is 5.39. The van der Waals surface area contributed by atoms with Crippen LogP contribution >= 0.6 is 0 Å². The van der Waals surface area contributed by atoms with Gasteiger partial charge in [0, 0.05) is 6.54 Å². The summed E-state index contributed by atoms with van der Waals surface area (Å²) < 4.78 is 134. The predicted molar refractivity (Wildman–Crippen MR) is 52.6 cm³/mol. The van der Waals surface area contributed by atoms with E-state index in [0.29, 0.717) is 0 Å². The highest BCUT2D eigenvalue weighted by Gasteiger charge is 2.85. The summed E-state index contributed by atoms with van der Waals surface area (Å²) >= 11 is 0. The second-order valence-electron chi connectivity index (χ2n) is 3.58. The van der Waals surface area contributed by atoms with Gasteiger partial charge in [0.05, 0.1) is 0 Å². The van der Waals surface area contributed by atoms with Crippen LogP contribution in [0.3, 0.4) is 0 Å². The first kappa shape index (κ1) is 20.0. The molecule has 0 atom stereocenters. The fraction of sp³-hybridized carbons (Fsp3) is 0.750. The van der Waals surface area contributed by atoms with Crippen molar-refractivity contribution in [2.24, 2.45) is 0 Å². The molecule has 3 nitrogen and oxygen atoms in total. The van der Waals surface area contributed by atoms with Gasteiger partial charge in [-0.15, -0.1) is 0 Å². The summed E-state index contributed by atoms with van der Waals surface area (Å²) in [5.74, 6) is -14.5. The molecule has 13 heteroatoms. The Morgan fingerprint density at radius 3 is 1.67 bits per heavy atom. The number of hydrogen-bond donors (Lipinski definition) is 1. The maximum Gasteiger partial charge on any atom is 0.460 e. The SMILES string of the molecule is C/C=C/CNS(=O)(=O)C(F)(F)C(F)(F)C(F)(F)C(F)(F)F. The van der Waals surface area contributed by atoms with Crippen molar-refractivity contribution < 1.29 is 47.9 Å². The molecule has 0 aliphatic heterocycles. The summed E-state index contributed by atoms with van der Waals surface area (Å²) in [5.41, 5.74) is 0. The third kappa shape index (κ3) is 3.27. The first-order chi connectivity index (χ1) is 9.06. The number of hydrogen-bond acceptors (Lipinski definition) is 2. The topological polar surface area (TPSA) is 46.2 Å². The quantitative estimate of drug-likeness (QED) is 0.590. The van der Waals surface area contributed by atoms with E-state index in [2.05, 4.69) is 0 Å². The molecular weight excluding hydrogens is 345 g/mol. The van der Waals surface area contributed by atoms with Crippen LogP contribution in [0.5, 0.6) is 0 Å². The van der Waals surface area contributed by atoms with Gasteiger partial charge in [-0.2, -0.15) is 39.5 Å². The van der Waals surface area contributed by atoms with E-state index >= 15 is 0 Å². The molecule has 0 amide bonds. The highest BCUT2D eigenvalue weighted by molar-refractivity contribution is 7.90. The van der Waals surface area contributed by atoms with Crippen LogP contribution in [0.1, 0.15) is 6.92 Å². The van der Waals surface area contributed by atoms with Gasteiger partial charge in [-0.25, -0.2) is 13.1 Å². The van der Waals surface area contributed by atoms with Crippen LogP contribution in [-0.4, -0.2) is 38.2 Å². The zero-order valence-electron chi connectivity index (χ0n) is 9.99. The molecule has 21 heavy (non-hydrogen) atoms. The van der Waals surface area contributed by atoms with Crippen LogP contribution in [0.2, 0.25) is 0 Å². The fourth-order valence-electron chi connectivity index (χ4n) is 0.896. The number of sulfonamides is 1. The molecule has 0 unspecified atom stereocenters. The van der Waals surface area contributed by atoms with Crippen molar-refractivity contribution in [2.45, 2.75) is 30.2 Å². The number of alkyl halides is 9. The van der Waals surface area contributed by atoms with Crippen molar-refractivity contribution in [1.82, 2.24) is 4.72 Å². The average molecular weight is 353 g/mol. The third-order valence-corrected chi connectivity index (χ3v) is 3.56. The van der Waals surface area contributed by atoms with Gasteiger partial charge >= 0.3 is 23.3 Å². The Bertz CT molecular complexity index is 494. The molecule has 0 saturated heterocycles. The molecule has 1 N–H and O–H groups in total. The molecule has 0 aromatic carbocycles. The van der Waals surface area contributed by atoms with Crippen LogP contribution in [0.4, 0.5) is 39.5 Å². The first-order valence-corrected chi connectivity index (χ1v) is 6.35. The lowest BCUT2D eigenvalue weighted by molar-refractivity contribution is -0.382. The molecular formula is C8H8F9NO2S. The number of halogens is 9. The highest BCUT2D eigenvalue weighted by atomic mass is 32.2. The highest BCUT2D eigenvalue weighted by Crippen LogP contribution is 2.54. The van der Waals surface area contributed by atoms with Crippen molar-refractivity contribution in [2.75, 3.05) is 6.54 Å². The van der Waals surface area contributed by atoms with Crippen LogP contribution in [0.15, 0.2) is 12.2 Å². The minimum atomic E-state index is -7.25. The van der Waals surface area contributed by atoms with Crippen molar-refractivity contribution in [1.29, 1.82) is 0 Å². The van der Waals surface area contributed by atoms with Crippen LogP contribution in [-0.2, 0) is 10.0 Å². The van der Waals surface area contributed by atoms with Crippen molar-refractivity contribution >= 4 is 10.0 Å². The van der Waals surface area contributed by atoms with E-state index in [0.717, 1.165) is 16.9 Å². The summed E-state index contributed by atoms with van der Waals surface area (Å²) in [6.07, 6.45) is -5.16. The summed E-state index contributed by atoms with van der Waals surface area (Å²) in [4.78, 5) is 0. The Balaban J connectivity index is 5.78. The Hall–Kier alpha value is -0.980. The Kier molecular flexibility index (Phi) is 5.40. The van der Waals surface area contributed by atoms with Crippen LogP contribution in [0, 0.1) is 0 Å². The third-order valence-electron chi connectivity index (χ3n) is 2.08. The van der Waals surface area contributed by atoms with Crippen LogP contribution < -0.4 is 4.72 Å². The normalized spacial score (nSPS) is 15.7. The van der Waals surface area contributed by atoms with E-state index in [1.807, 2.05) is 0 Å². The molecule has 0 aromatic rings. The summed E-state index contributed by atoms with van der Waals surface area (Å²) in [5, 5.41) is -6.69. The molecule has 0 aliphatic rings. The van der Waals surface area contributed by atoms with Crippen molar-refractivity contribution in [3.05, 3.63) is 12.2 Å². The van der Waals surface area contributed by atoms with Crippen molar-refractivity contribution in [3.8, 4) is 0 Å². The Labute approximate surface area is 112 Å². The first-order valence-electron chi connectivity index (χ1n) is 4.86.